The van der Waals surface area contributed by atoms with E-state index in [0.29, 0.717) is 0 Å². The number of benzene rings is 1. The highest BCUT2D eigenvalue weighted by Gasteiger charge is 2.40. The number of rotatable bonds is 0. The van der Waals surface area contributed by atoms with Gasteiger partial charge in [0.25, 0.3) is 0 Å². The molecule has 2 heteroatoms. The number of aryl methyl sites for hydroxylation is 1. The van der Waals surface area contributed by atoms with Gasteiger partial charge in [-0.25, -0.2) is 0 Å². The molecule has 1 spiro atoms. The van der Waals surface area contributed by atoms with Gasteiger partial charge in [-0.1, -0.05) is 18.2 Å². The first-order valence-electron chi connectivity index (χ1n) is 6.74. The van der Waals surface area contributed by atoms with Crippen molar-refractivity contribution in [2.75, 3.05) is 20.1 Å². The molecule has 0 amide bonds. The van der Waals surface area contributed by atoms with Crippen LogP contribution in [0.25, 0.3) is 5.57 Å². The van der Waals surface area contributed by atoms with Crippen LogP contribution in [-0.4, -0.2) is 30.6 Å². The van der Waals surface area contributed by atoms with E-state index >= 15 is 0 Å². The van der Waals surface area contributed by atoms with Crippen molar-refractivity contribution < 1.29 is 4.74 Å². The minimum absolute atomic E-state index is 0.00580. The van der Waals surface area contributed by atoms with E-state index < -0.39 is 0 Å². The molecule has 0 unspecified atom stereocenters. The molecule has 96 valence electrons. The third-order valence-electron chi connectivity index (χ3n) is 4.28. The molecule has 0 atom stereocenters. The number of hydrogen-bond donors (Lipinski definition) is 0. The first-order chi connectivity index (χ1) is 8.58. The quantitative estimate of drug-likeness (QED) is 0.693. The molecule has 0 saturated carbocycles. The lowest BCUT2D eigenvalue weighted by molar-refractivity contribution is 0.00720. The van der Waals surface area contributed by atoms with E-state index in [1.807, 2.05) is 0 Å². The predicted octanol–water partition coefficient (Wildman–Crippen LogP) is 3.26. The summed E-state index contributed by atoms with van der Waals surface area (Å²) in [5, 5.41) is 0. The zero-order chi connectivity index (χ0) is 12.8. The molecule has 0 radical (unpaired) electrons. The molecule has 0 aliphatic carbocycles. The van der Waals surface area contributed by atoms with Crippen LogP contribution in [0, 0.1) is 6.92 Å². The molecule has 0 bridgehead atoms. The first kappa shape index (κ1) is 11.8. The van der Waals surface area contributed by atoms with Crippen LogP contribution < -0.4 is 4.74 Å². The molecular formula is C16H21NO. The van der Waals surface area contributed by atoms with Crippen molar-refractivity contribution in [1.82, 2.24) is 4.90 Å². The summed E-state index contributed by atoms with van der Waals surface area (Å²) in [7, 11) is 2.18. The Kier molecular flexibility index (Phi) is 2.70. The fraction of sp³-hybridized carbons (Fsp3) is 0.500. The molecule has 1 aromatic rings. The van der Waals surface area contributed by atoms with Crippen molar-refractivity contribution in [3.63, 3.8) is 0 Å². The Morgan fingerprint density at radius 3 is 2.72 bits per heavy atom. The molecule has 0 N–H and O–H groups in total. The minimum Gasteiger partial charge on any atom is -0.486 e. The van der Waals surface area contributed by atoms with Gasteiger partial charge in [0, 0.05) is 37.9 Å². The van der Waals surface area contributed by atoms with Crippen LogP contribution in [0.15, 0.2) is 24.8 Å². The SMILES string of the molecule is C=C1CC2(CCN(C)CC2)Oc2ccc(C)cc21. The lowest BCUT2D eigenvalue weighted by Crippen LogP contribution is -2.48. The number of ether oxygens (including phenoxy) is 1. The molecule has 3 rings (SSSR count). The molecule has 2 nitrogen and oxygen atoms in total. The fourth-order valence-corrected chi connectivity index (χ4v) is 3.07. The number of fused-ring (bicyclic) bond motifs is 1. The normalized spacial score (nSPS) is 22.7. The van der Waals surface area contributed by atoms with Crippen molar-refractivity contribution >= 4 is 5.57 Å². The Morgan fingerprint density at radius 2 is 2.00 bits per heavy atom. The highest BCUT2D eigenvalue weighted by Crippen LogP contribution is 2.44. The lowest BCUT2D eigenvalue weighted by atomic mass is 9.81. The standard InChI is InChI=1S/C16H21NO/c1-12-4-5-15-14(10-12)13(2)11-16(18-15)6-8-17(3)9-7-16/h4-5,10H,2,6-9,11H2,1,3H3. The van der Waals surface area contributed by atoms with Crippen LogP contribution in [0.5, 0.6) is 5.75 Å². The smallest absolute Gasteiger partial charge is 0.127 e. The van der Waals surface area contributed by atoms with Gasteiger partial charge < -0.3 is 9.64 Å². The van der Waals surface area contributed by atoms with Crippen LogP contribution in [0.3, 0.4) is 0 Å². The van der Waals surface area contributed by atoms with Crippen molar-refractivity contribution in [2.24, 2.45) is 0 Å². The zero-order valence-corrected chi connectivity index (χ0v) is 11.3. The van der Waals surface area contributed by atoms with Gasteiger partial charge in [-0.15, -0.1) is 0 Å². The van der Waals surface area contributed by atoms with Crippen molar-refractivity contribution in [2.45, 2.75) is 31.8 Å². The zero-order valence-electron chi connectivity index (χ0n) is 11.3. The summed E-state index contributed by atoms with van der Waals surface area (Å²) in [6.07, 6.45) is 3.20. The van der Waals surface area contributed by atoms with E-state index in [0.717, 1.165) is 38.1 Å². The molecular weight excluding hydrogens is 222 g/mol. The van der Waals surface area contributed by atoms with E-state index in [-0.39, 0.29) is 5.60 Å². The van der Waals surface area contributed by atoms with Gasteiger partial charge in [0.2, 0.25) is 0 Å². The maximum Gasteiger partial charge on any atom is 0.127 e. The minimum atomic E-state index is 0.00580. The number of hydrogen-bond acceptors (Lipinski definition) is 2. The van der Waals surface area contributed by atoms with Gasteiger partial charge in [-0.05, 0) is 31.7 Å². The summed E-state index contributed by atoms with van der Waals surface area (Å²) in [4.78, 5) is 2.38. The average molecular weight is 243 g/mol. The third-order valence-corrected chi connectivity index (χ3v) is 4.28. The fourth-order valence-electron chi connectivity index (χ4n) is 3.07. The summed E-state index contributed by atoms with van der Waals surface area (Å²) in [5.41, 5.74) is 3.73. The average Bonchev–Trinajstić information content (AvgIpc) is 2.35. The van der Waals surface area contributed by atoms with Crippen LogP contribution in [-0.2, 0) is 0 Å². The van der Waals surface area contributed by atoms with Crippen molar-refractivity contribution in [3.05, 3.63) is 35.9 Å². The van der Waals surface area contributed by atoms with Crippen molar-refractivity contribution in [3.8, 4) is 5.75 Å². The van der Waals surface area contributed by atoms with Gasteiger partial charge in [0.05, 0.1) is 0 Å². The van der Waals surface area contributed by atoms with Gasteiger partial charge in [-0.2, -0.15) is 0 Å². The highest BCUT2D eigenvalue weighted by atomic mass is 16.5. The van der Waals surface area contributed by atoms with Crippen LogP contribution >= 0.6 is 0 Å². The molecule has 0 aromatic heterocycles. The van der Waals surface area contributed by atoms with E-state index in [1.54, 1.807) is 0 Å². The highest BCUT2D eigenvalue weighted by molar-refractivity contribution is 5.72. The number of piperidine rings is 1. The second-order valence-corrected chi connectivity index (χ2v) is 5.87. The summed E-state index contributed by atoms with van der Waals surface area (Å²) in [6.45, 7) is 8.63. The summed E-state index contributed by atoms with van der Waals surface area (Å²) in [6, 6.07) is 6.43. The molecule has 2 heterocycles. The summed E-state index contributed by atoms with van der Waals surface area (Å²) < 4.78 is 6.35. The Bertz CT molecular complexity index is 484. The molecule has 2 aliphatic heterocycles. The third kappa shape index (κ3) is 1.95. The summed E-state index contributed by atoms with van der Waals surface area (Å²) >= 11 is 0. The Labute approximate surface area is 109 Å². The van der Waals surface area contributed by atoms with Crippen LogP contribution in [0.4, 0.5) is 0 Å². The molecule has 1 aromatic carbocycles. The van der Waals surface area contributed by atoms with E-state index in [4.69, 9.17) is 4.74 Å². The molecule has 18 heavy (non-hydrogen) atoms. The van der Waals surface area contributed by atoms with Gasteiger partial charge >= 0.3 is 0 Å². The lowest BCUT2D eigenvalue weighted by Gasteiger charge is -2.44. The topological polar surface area (TPSA) is 12.5 Å². The Morgan fingerprint density at radius 1 is 1.28 bits per heavy atom. The number of likely N-dealkylation sites (tertiary alicyclic amines) is 1. The Hall–Kier alpha value is -1.28. The first-order valence-corrected chi connectivity index (χ1v) is 6.74. The second-order valence-electron chi connectivity index (χ2n) is 5.87. The van der Waals surface area contributed by atoms with Crippen molar-refractivity contribution in [1.29, 1.82) is 0 Å². The van der Waals surface area contributed by atoms with E-state index in [9.17, 15) is 0 Å². The van der Waals surface area contributed by atoms with Crippen LogP contribution in [0.2, 0.25) is 0 Å². The summed E-state index contributed by atoms with van der Waals surface area (Å²) in [5.74, 6) is 1.03. The monoisotopic (exact) mass is 243 g/mol. The maximum atomic E-state index is 6.35. The van der Waals surface area contributed by atoms with Gasteiger partial charge in [0.15, 0.2) is 0 Å². The number of nitrogens with zero attached hydrogens (tertiary/aromatic N) is 1. The molecule has 2 aliphatic rings. The van der Waals surface area contributed by atoms with E-state index in [1.165, 1.54) is 16.7 Å². The Balaban J connectivity index is 1.92. The van der Waals surface area contributed by atoms with Crippen LogP contribution in [0.1, 0.15) is 30.4 Å². The second kappa shape index (κ2) is 4.13. The largest absolute Gasteiger partial charge is 0.486 e. The van der Waals surface area contributed by atoms with Gasteiger partial charge in [-0.3, -0.25) is 0 Å². The predicted molar refractivity (Wildman–Crippen MR) is 74.9 cm³/mol. The maximum absolute atomic E-state index is 6.35. The van der Waals surface area contributed by atoms with E-state index in [2.05, 4.69) is 43.6 Å². The van der Waals surface area contributed by atoms with Gasteiger partial charge in [0.1, 0.15) is 11.4 Å². The molecule has 1 fully saturated rings. The molecule has 1 saturated heterocycles.